The zero-order valence-corrected chi connectivity index (χ0v) is 30.1. The van der Waals surface area contributed by atoms with Gasteiger partial charge in [-0.05, 0) is 72.6 Å². The number of nitrogens with zero attached hydrogens (tertiary/aromatic N) is 2. The van der Waals surface area contributed by atoms with Gasteiger partial charge in [0.1, 0.15) is 17.9 Å². The molecule has 4 aliphatic rings. The van der Waals surface area contributed by atoms with Crippen LogP contribution in [-0.2, 0) is 16.2 Å². The molecule has 0 spiro atoms. The fourth-order valence-electron chi connectivity index (χ4n) is 8.38. The van der Waals surface area contributed by atoms with Crippen LogP contribution in [0.15, 0.2) is 36.4 Å². The zero-order valence-electron chi connectivity index (χ0n) is 30.1. The molecule has 264 valence electrons. The van der Waals surface area contributed by atoms with Crippen molar-refractivity contribution in [3.05, 3.63) is 47.5 Å². The lowest BCUT2D eigenvalue weighted by molar-refractivity contribution is -0.183. The van der Waals surface area contributed by atoms with Crippen LogP contribution < -0.4 is 20.3 Å². The first kappa shape index (κ1) is 36.1. The number of carbonyl (C=O) groups is 2. The quantitative estimate of drug-likeness (QED) is 0.262. The number of methoxy groups -OCH3 is 1. The van der Waals surface area contributed by atoms with Gasteiger partial charge in [0, 0.05) is 55.0 Å². The van der Waals surface area contributed by atoms with Gasteiger partial charge >= 0.3 is 0 Å². The van der Waals surface area contributed by atoms with E-state index in [9.17, 15) is 19.8 Å². The summed E-state index contributed by atoms with van der Waals surface area (Å²) in [5, 5.41) is 29.1. The Morgan fingerprint density at radius 3 is 2.46 bits per heavy atom. The summed E-state index contributed by atoms with van der Waals surface area (Å²) in [6.07, 6.45) is 0.516. The third-order valence-electron chi connectivity index (χ3n) is 11.4. The van der Waals surface area contributed by atoms with Gasteiger partial charge in [0.15, 0.2) is 0 Å². The summed E-state index contributed by atoms with van der Waals surface area (Å²) < 4.78 is 6.02. The van der Waals surface area contributed by atoms with E-state index < -0.39 is 24.2 Å². The molecule has 10 nitrogen and oxygen atoms in total. The molecule has 2 amide bonds. The second-order valence-electron chi connectivity index (χ2n) is 15.5. The number of para-hydroxylation sites is 1. The topological polar surface area (TPSA) is 124 Å². The maximum absolute atomic E-state index is 14.2. The minimum atomic E-state index is -0.888. The second-order valence-corrected chi connectivity index (χ2v) is 15.5. The monoisotopic (exact) mass is 664 g/mol. The molecule has 3 aliphatic carbocycles. The Bertz CT molecular complexity index is 1480. The van der Waals surface area contributed by atoms with E-state index in [0.29, 0.717) is 46.9 Å². The fraction of sp³-hybridized carbons (Fsp3) is 0.632. The van der Waals surface area contributed by atoms with E-state index in [1.165, 1.54) is 6.42 Å². The Kier molecular flexibility index (Phi) is 10.8. The first-order valence-electron chi connectivity index (χ1n) is 17.5. The minimum Gasteiger partial charge on any atom is -0.496 e. The number of carbonyl (C=O) groups excluding carboxylic acids is 2. The SMILES string of the molecule is COc1c(CN2O[C@@H](CO)[C@H]([C@H](C)O)[C@H]2C(=O)N[C@H]2C[C@H]3C[C@@H]([C@@H]2C)C3(C)C)cccc1-c1cc(C(=O)NCC(C)C)cc(N(C)C)c1. The summed E-state index contributed by atoms with van der Waals surface area (Å²) in [6.45, 7) is 13.1. The number of rotatable bonds is 12. The second kappa shape index (κ2) is 14.4. The maximum atomic E-state index is 14.2. The van der Waals surface area contributed by atoms with Gasteiger partial charge in [-0.1, -0.05) is 52.8 Å². The Hall–Kier alpha value is -3.18. The summed E-state index contributed by atoms with van der Waals surface area (Å²) in [5.41, 5.74) is 4.09. The summed E-state index contributed by atoms with van der Waals surface area (Å²) in [5.74, 6) is 1.44. The molecule has 2 bridgehead atoms. The maximum Gasteiger partial charge on any atom is 0.251 e. The van der Waals surface area contributed by atoms with E-state index in [1.54, 1.807) is 19.1 Å². The molecule has 4 fully saturated rings. The van der Waals surface area contributed by atoms with Crippen molar-refractivity contribution in [2.75, 3.05) is 39.3 Å². The predicted octanol–water partition coefficient (Wildman–Crippen LogP) is 4.47. The minimum absolute atomic E-state index is 0.0488. The molecule has 2 aromatic rings. The number of hydrogen-bond donors (Lipinski definition) is 4. The average molecular weight is 665 g/mol. The van der Waals surface area contributed by atoms with Crippen molar-refractivity contribution in [1.82, 2.24) is 15.7 Å². The van der Waals surface area contributed by atoms with Crippen LogP contribution in [0.1, 0.15) is 70.3 Å². The molecule has 48 heavy (non-hydrogen) atoms. The van der Waals surface area contributed by atoms with Crippen LogP contribution >= 0.6 is 0 Å². The van der Waals surface area contributed by atoms with Gasteiger partial charge in [-0.25, -0.2) is 0 Å². The van der Waals surface area contributed by atoms with E-state index in [0.717, 1.165) is 28.8 Å². The van der Waals surface area contributed by atoms with E-state index in [1.807, 2.05) is 55.4 Å². The van der Waals surface area contributed by atoms with Crippen LogP contribution in [0.5, 0.6) is 5.75 Å². The van der Waals surface area contributed by atoms with E-state index in [-0.39, 0.29) is 31.0 Å². The number of aliphatic hydroxyl groups excluding tert-OH is 2. The van der Waals surface area contributed by atoms with Crippen molar-refractivity contribution < 1.29 is 29.4 Å². The van der Waals surface area contributed by atoms with Crippen molar-refractivity contribution in [2.45, 2.75) is 85.2 Å². The third kappa shape index (κ3) is 6.95. The summed E-state index contributed by atoms with van der Waals surface area (Å²) in [4.78, 5) is 35.5. The Balaban J connectivity index is 1.45. The summed E-state index contributed by atoms with van der Waals surface area (Å²) in [6, 6.07) is 10.8. The normalized spacial score (nSPS) is 28.5. The number of benzene rings is 2. The molecule has 10 heteroatoms. The lowest BCUT2D eigenvalue weighted by atomic mass is 9.45. The van der Waals surface area contributed by atoms with Crippen molar-refractivity contribution in [1.29, 1.82) is 0 Å². The number of amides is 2. The van der Waals surface area contributed by atoms with Crippen LogP contribution in [-0.4, -0.2) is 85.7 Å². The number of fused-ring (bicyclic) bond motifs is 2. The van der Waals surface area contributed by atoms with Crippen LogP contribution in [0.25, 0.3) is 11.1 Å². The first-order valence-corrected chi connectivity index (χ1v) is 17.5. The summed E-state index contributed by atoms with van der Waals surface area (Å²) in [7, 11) is 5.48. The van der Waals surface area contributed by atoms with Gasteiger partial charge < -0.3 is 30.5 Å². The Labute approximate surface area is 286 Å². The van der Waals surface area contributed by atoms with Crippen molar-refractivity contribution in [3.8, 4) is 16.9 Å². The highest BCUT2D eigenvalue weighted by Gasteiger charge is 2.57. The highest BCUT2D eigenvalue weighted by atomic mass is 16.7. The third-order valence-corrected chi connectivity index (χ3v) is 11.4. The average Bonchev–Trinajstić information content (AvgIpc) is 3.42. The Morgan fingerprint density at radius 1 is 1.15 bits per heavy atom. The molecule has 0 aromatic heterocycles. The molecular formula is C38H56N4O6. The largest absolute Gasteiger partial charge is 0.496 e. The molecule has 1 heterocycles. The first-order chi connectivity index (χ1) is 22.7. The number of aliphatic hydroxyl groups is 2. The molecular weight excluding hydrogens is 608 g/mol. The molecule has 0 unspecified atom stereocenters. The van der Waals surface area contributed by atoms with Crippen molar-refractivity contribution in [2.24, 2.45) is 35.0 Å². The molecule has 2 aromatic carbocycles. The van der Waals surface area contributed by atoms with Crippen LogP contribution in [0.3, 0.4) is 0 Å². The fourth-order valence-corrected chi connectivity index (χ4v) is 8.38. The highest BCUT2D eigenvalue weighted by molar-refractivity contribution is 5.97. The van der Waals surface area contributed by atoms with Crippen LogP contribution in [0.4, 0.5) is 5.69 Å². The van der Waals surface area contributed by atoms with Crippen molar-refractivity contribution in [3.63, 3.8) is 0 Å². The van der Waals surface area contributed by atoms with E-state index >= 15 is 0 Å². The number of nitrogens with one attached hydrogen (secondary N) is 2. The summed E-state index contributed by atoms with van der Waals surface area (Å²) >= 11 is 0. The van der Waals surface area contributed by atoms with Crippen LogP contribution in [0.2, 0.25) is 0 Å². The van der Waals surface area contributed by atoms with E-state index in [4.69, 9.17) is 9.57 Å². The van der Waals surface area contributed by atoms with E-state index in [2.05, 4.69) is 45.3 Å². The molecule has 6 rings (SSSR count). The Morgan fingerprint density at radius 2 is 1.88 bits per heavy atom. The lowest BCUT2D eigenvalue weighted by Crippen LogP contribution is -2.62. The molecule has 8 atom stereocenters. The zero-order chi connectivity index (χ0) is 35.1. The number of anilines is 1. The lowest BCUT2D eigenvalue weighted by Gasteiger charge is -2.62. The standard InChI is InChI=1S/C38H56N4O6/c1-21(2)18-39-36(45)26-13-25(14-28(15-26)41(7)8)29-12-10-11-24(35(29)47-9)19-42-34(33(23(4)44)32(20-43)48-42)37(46)40-31-17-27-16-30(22(31)3)38(27,5)6/h10-15,21-23,27,30-34,43-44H,16-20H2,1-9H3,(H,39,45)(H,40,46)/t22-,23-,27+,30-,31-,32-,33-,34-/m0/s1. The smallest absolute Gasteiger partial charge is 0.251 e. The van der Waals surface area contributed by atoms with Gasteiger partial charge in [0.05, 0.1) is 26.4 Å². The van der Waals surface area contributed by atoms with Crippen molar-refractivity contribution >= 4 is 17.5 Å². The predicted molar refractivity (Wildman–Crippen MR) is 187 cm³/mol. The molecule has 1 saturated heterocycles. The molecule has 3 saturated carbocycles. The molecule has 1 aliphatic heterocycles. The van der Waals surface area contributed by atoms with Gasteiger partial charge in [0.2, 0.25) is 5.91 Å². The number of ether oxygens (including phenoxy) is 1. The van der Waals surface area contributed by atoms with Gasteiger partial charge in [-0.3, -0.25) is 14.4 Å². The number of hydroxylamine groups is 2. The van der Waals surface area contributed by atoms with Gasteiger partial charge in [0.25, 0.3) is 5.91 Å². The van der Waals surface area contributed by atoms with Gasteiger partial charge in [-0.15, -0.1) is 0 Å². The molecule has 0 radical (unpaired) electrons. The molecule has 4 N–H and O–H groups in total. The van der Waals surface area contributed by atoms with Crippen LogP contribution in [0, 0.1) is 35.0 Å². The highest BCUT2D eigenvalue weighted by Crippen LogP contribution is 2.61. The number of hydrogen-bond acceptors (Lipinski definition) is 8. The van der Waals surface area contributed by atoms with Gasteiger partial charge in [-0.2, -0.15) is 5.06 Å².